The van der Waals surface area contributed by atoms with Gasteiger partial charge in [-0.1, -0.05) is 22.0 Å². The van der Waals surface area contributed by atoms with Gasteiger partial charge in [0, 0.05) is 23.8 Å². The highest BCUT2D eigenvalue weighted by Crippen LogP contribution is 2.23. The molecular formula is C15H15BrFNO. The lowest BCUT2D eigenvalue weighted by Crippen LogP contribution is -2.16. The molecule has 0 N–H and O–H groups in total. The summed E-state index contributed by atoms with van der Waals surface area (Å²) in [6.45, 7) is 0.702. The van der Waals surface area contributed by atoms with Gasteiger partial charge in [-0.2, -0.15) is 0 Å². The van der Waals surface area contributed by atoms with Crippen LogP contribution in [0.5, 0.6) is 5.75 Å². The molecule has 0 aromatic heterocycles. The standard InChI is InChI=1S/C15H15BrFNO/c1-18(13-5-7-14(19-2)8-6-13)10-11-3-4-12(17)9-15(11)16/h3-9H,10H2,1-2H3. The van der Waals surface area contributed by atoms with Crippen molar-refractivity contribution in [3.05, 3.63) is 58.3 Å². The summed E-state index contributed by atoms with van der Waals surface area (Å²) in [7, 11) is 3.64. The fourth-order valence-corrected chi connectivity index (χ4v) is 2.31. The monoisotopic (exact) mass is 323 g/mol. The van der Waals surface area contributed by atoms with Crippen LogP contribution in [0.1, 0.15) is 5.56 Å². The SMILES string of the molecule is COc1ccc(N(C)Cc2ccc(F)cc2Br)cc1. The maximum Gasteiger partial charge on any atom is 0.124 e. The summed E-state index contributed by atoms with van der Waals surface area (Å²) >= 11 is 3.38. The van der Waals surface area contributed by atoms with E-state index in [2.05, 4.69) is 20.8 Å². The second kappa shape index (κ2) is 6.06. The number of hydrogen-bond acceptors (Lipinski definition) is 2. The Balaban J connectivity index is 2.13. The van der Waals surface area contributed by atoms with Crippen molar-refractivity contribution >= 4 is 21.6 Å². The first-order chi connectivity index (χ1) is 9.10. The number of nitrogens with zero attached hydrogens (tertiary/aromatic N) is 1. The molecule has 0 radical (unpaired) electrons. The summed E-state index contributed by atoms with van der Waals surface area (Å²) in [5, 5.41) is 0. The van der Waals surface area contributed by atoms with Crippen LogP contribution in [0.2, 0.25) is 0 Å². The first-order valence-corrected chi connectivity index (χ1v) is 6.68. The maximum atomic E-state index is 13.0. The molecule has 100 valence electrons. The summed E-state index contributed by atoms with van der Waals surface area (Å²) < 4.78 is 19.0. The highest BCUT2D eigenvalue weighted by molar-refractivity contribution is 9.10. The molecule has 0 aliphatic rings. The molecule has 0 saturated heterocycles. The number of methoxy groups -OCH3 is 1. The molecule has 0 amide bonds. The molecule has 0 fully saturated rings. The molecule has 2 rings (SSSR count). The Morgan fingerprint density at radius 2 is 1.84 bits per heavy atom. The highest BCUT2D eigenvalue weighted by Gasteiger charge is 2.06. The molecule has 0 unspecified atom stereocenters. The fraction of sp³-hybridized carbons (Fsp3) is 0.200. The van der Waals surface area contributed by atoms with Crippen LogP contribution in [0.3, 0.4) is 0 Å². The number of rotatable bonds is 4. The van der Waals surface area contributed by atoms with Crippen LogP contribution in [0.4, 0.5) is 10.1 Å². The van der Waals surface area contributed by atoms with E-state index < -0.39 is 0 Å². The van der Waals surface area contributed by atoms with Crippen molar-refractivity contribution in [2.75, 3.05) is 19.1 Å². The Labute approximate surface area is 120 Å². The molecule has 0 heterocycles. The Morgan fingerprint density at radius 1 is 1.16 bits per heavy atom. The largest absolute Gasteiger partial charge is 0.497 e. The summed E-state index contributed by atoms with van der Waals surface area (Å²) in [4.78, 5) is 2.09. The Morgan fingerprint density at radius 3 is 2.42 bits per heavy atom. The zero-order valence-electron chi connectivity index (χ0n) is 10.9. The van der Waals surface area contributed by atoms with Crippen molar-refractivity contribution < 1.29 is 9.13 Å². The van der Waals surface area contributed by atoms with Crippen LogP contribution >= 0.6 is 15.9 Å². The van der Waals surface area contributed by atoms with E-state index in [0.29, 0.717) is 6.54 Å². The highest BCUT2D eigenvalue weighted by atomic mass is 79.9. The van der Waals surface area contributed by atoms with Crippen LogP contribution in [0.25, 0.3) is 0 Å². The maximum absolute atomic E-state index is 13.0. The van der Waals surface area contributed by atoms with Crippen LogP contribution in [-0.4, -0.2) is 14.2 Å². The molecule has 0 aliphatic heterocycles. The molecule has 19 heavy (non-hydrogen) atoms. The van der Waals surface area contributed by atoms with Crippen LogP contribution in [0.15, 0.2) is 46.9 Å². The predicted molar refractivity (Wildman–Crippen MR) is 79.2 cm³/mol. The minimum Gasteiger partial charge on any atom is -0.497 e. The average Bonchev–Trinajstić information content (AvgIpc) is 2.42. The van der Waals surface area contributed by atoms with Gasteiger partial charge in [0.15, 0.2) is 0 Å². The van der Waals surface area contributed by atoms with Gasteiger partial charge in [0.05, 0.1) is 7.11 Å². The van der Waals surface area contributed by atoms with E-state index in [0.717, 1.165) is 21.5 Å². The lowest BCUT2D eigenvalue weighted by atomic mass is 10.2. The van der Waals surface area contributed by atoms with E-state index in [1.165, 1.54) is 12.1 Å². The third-order valence-electron chi connectivity index (χ3n) is 2.94. The van der Waals surface area contributed by atoms with E-state index in [4.69, 9.17) is 4.74 Å². The van der Waals surface area contributed by atoms with E-state index >= 15 is 0 Å². The minimum absolute atomic E-state index is 0.234. The average molecular weight is 324 g/mol. The molecule has 2 aromatic rings. The van der Waals surface area contributed by atoms with Gasteiger partial charge in [0.2, 0.25) is 0 Å². The second-order valence-corrected chi connectivity index (χ2v) is 5.14. The Bertz CT molecular complexity index is 557. The lowest BCUT2D eigenvalue weighted by Gasteiger charge is -2.20. The molecule has 0 bridgehead atoms. The normalized spacial score (nSPS) is 10.3. The molecule has 0 atom stereocenters. The summed E-state index contributed by atoms with van der Waals surface area (Å²) in [6.07, 6.45) is 0. The van der Waals surface area contributed by atoms with Gasteiger partial charge in [0.1, 0.15) is 11.6 Å². The predicted octanol–water partition coefficient (Wildman–Crippen LogP) is 4.23. The summed E-state index contributed by atoms with van der Waals surface area (Å²) in [5.74, 6) is 0.600. The van der Waals surface area contributed by atoms with Crippen molar-refractivity contribution in [1.29, 1.82) is 0 Å². The van der Waals surface area contributed by atoms with Crippen LogP contribution < -0.4 is 9.64 Å². The summed E-state index contributed by atoms with van der Waals surface area (Å²) in [5.41, 5.74) is 2.12. The number of ether oxygens (including phenoxy) is 1. The smallest absolute Gasteiger partial charge is 0.124 e. The van der Waals surface area contributed by atoms with Crippen molar-refractivity contribution in [3.8, 4) is 5.75 Å². The quantitative estimate of drug-likeness (QED) is 0.834. The third-order valence-corrected chi connectivity index (χ3v) is 3.67. The molecule has 2 nitrogen and oxygen atoms in total. The molecule has 4 heteroatoms. The van der Waals surface area contributed by atoms with Crippen LogP contribution in [-0.2, 0) is 6.54 Å². The first-order valence-electron chi connectivity index (χ1n) is 5.89. The molecule has 0 aliphatic carbocycles. The number of benzene rings is 2. The van der Waals surface area contributed by atoms with E-state index in [1.807, 2.05) is 31.3 Å². The number of hydrogen-bond donors (Lipinski definition) is 0. The number of anilines is 1. The molecule has 2 aromatic carbocycles. The summed E-state index contributed by atoms with van der Waals surface area (Å²) in [6, 6.07) is 12.6. The Kier molecular flexibility index (Phi) is 4.43. The van der Waals surface area contributed by atoms with Crippen molar-refractivity contribution in [3.63, 3.8) is 0 Å². The topological polar surface area (TPSA) is 12.5 Å². The van der Waals surface area contributed by atoms with E-state index in [1.54, 1.807) is 13.2 Å². The van der Waals surface area contributed by atoms with E-state index in [9.17, 15) is 4.39 Å². The van der Waals surface area contributed by atoms with Gasteiger partial charge in [-0.05, 0) is 42.0 Å². The zero-order valence-corrected chi connectivity index (χ0v) is 12.4. The van der Waals surface area contributed by atoms with Gasteiger partial charge in [-0.3, -0.25) is 0 Å². The van der Waals surface area contributed by atoms with Gasteiger partial charge < -0.3 is 9.64 Å². The third kappa shape index (κ3) is 3.47. The van der Waals surface area contributed by atoms with E-state index in [-0.39, 0.29) is 5.82 Å². The number of halogens is 2. The molecule has 0 spiro atoms. The van der Waals surface area contributed by atoms with Crippen molar-refractivity contribution in [2.45, 2.75) is 6.54 Å². The molecular weight excluding hydrogens is 309 g/mol. The van der Waals surface area contributed by atoms with Crippen molar-refractivity contribution in [1.82, 2.24) is 0 Å². The van der Waals surface area contributed by atoms with Gasteiger partial charge in [-0.15, -0.1) is 0 Å². The van der Waals surface area contributed by atoms with Crippen molar-refractivity contribution in [2.24, 2.45) is 0 Å². The fourth-order valence-electron chi connectivity index (χ4n) is 1.83. The first kappa shape index (κ1) is 13.9. The van der Waals surface area contributed by atoms with Gasteiger partial charge in [0.25, 0.3) is 0 Å². The van der Waals surface area contributed by atoms with Gasteiger partial charge >= 0.3 is 0 Å². The second-order valence-electron chi connectivity index (χ2n) is 4.29. The van der Waals surface area contributed by atoms with Crippen LogP contribution in [0, 0.1) is 5.82 Å². The minimum atomic E-state index is -0.234. The zero-order chi connectivity index (χ0) is 13.8. The Hall–Kier alpha value is -1.55. The molecule has 0 saturated carbocycles. The lowest BCUT2D eigenvalue weighted by molar-refractivity contribution is 0.415. The van der Waals surface area contributed by atoms with Gasteiger partial charge in [-0.25, -0.2) is 4.39 Å².